The fourth-order valence-corrected chi connectivity index (χ4v) is 1.38. The van der Waals surface area contributed by atoms with Gasteiger partial charge in [0.25, 0.3) is 0 Å². The summed E-state index contributed by atoms with van der Waals surface area (Å²) in [5, 5.41) is 0. The molecule has 0 atom stereocenters. The van der Waals surface area contributed by atoms with Gasteiger partial charge in [0.05, 0.1) is 6.61 Å². The molecule has 0 spiro atoms. The van der Waals surface area contributed by atoms with E-state index in [0.29, 0.717) is 13.2 Å². The molecule has 0 bridgehead atoms. The SMILES string of the molecule is CCOc1nc(NN)nc(OCc2ccccc2)n1. The van der Waals surface area contributed by atoms with Crippen LogP contribution in [-0.4, -0.2) is 21.6 Å². The smallest absolute Gasteiger partial charge is 0.324 e. The Hall–Kier alpha value is -2.41. The van der Waals surface area contributed by atoms with E-state index in [2.05, 4.69) is 20.4 Å². The summed E-state index contributed by atoms with van der Waals surface area (Å²) in [6.07, 6.45) is 0. The zero-order valence-electron chi connectivity index (χ0n) is 10.5. The van der Waals surface area contributed by atoms with Gasteiger partial charge in [0.2, 0.25) is 5.95 Å². The van der Waals surface area contributed by atoms with Crippen molar-refractivity contribution in [2.75, 3.05) is 12.0 Å². The van der Waals surface area contributed by atoms with Gasteiger partial charge in [0.1, 0.15) is 6.61 Å². The molecule has 0 amide bonds. The van der Waals surface area contributed by atoms with Crippen LogP contribution in [0.5, 0.6) is 12.0 Å². The second-order valence-corrected chi connectivity index (χ2v) is 3.58. The molecule has 7 heteroatoms. The highest BCUT2D eigenvalue weighted by Gasteiger charge is 2.07. The van der Waals surface area contributed by atoms with Crippen molar-refractivity contribution in [3.63, 3.8) is 0 Å². The first-order valence-electron chi connectivity index (χ1n) is 5.84. The Balaban J connectivity index is 2.08. The maximum Gasteiger partial charge on any atom is 0.324 e. The number of rotatable bonds is 6. The maximum atomic E-state index is 5.48. The highest BCUT2D eigenvalue weighted by atomic mass is 16.5. The van der Waals surface area contributed by atoms with Crippen molar-refractivity contribution < 1.29 is 9.47 Å². The largest absolute Gasteiger partial charge is 0.464 e. The summed E-state index contributed by atoms with van der Waals surface area (Å²) in [5.41, 5.74) is 3.36. The number of ether oxygens (including phenoxy) is 2. The third-order valence-corrected chi connectivity index (χ3v) is 2.21. The molecular formula is C12H15N5O2. The van der Waals surface area contributed by atoms with E-state index in [4.69, 9.17) is 15.3 Å². The number of anilines is 1. The highest BCUT2D eigenvalue weighted by molar-refractivity contribution is 5.25. The van der Waals surface area contributed by atoms with E-state index < -0.39 is 0 Å². The first-order chi connectivity index (χ1) is 9.31. The molecule has 0 aliphatic carbocycles. The van der Waals surface area contributed by atoms with E-state index in [1.54, 1.807) is 0 Å². The van der Waals surface area contributed by atoms with Gasteiger partial charge in [-0.1, -0.05) is 30.3 Å². The number of nitrogens with one attached hydrogen (secondary N) is 1. The normalized spacial score (nSPS) is 10.0. The molecule has 0 saturated heterocycles. The molecule has 7 nitrogen and oxygen atoms in total. The summed E-state index contributed by atoms with van der Waals surface area (Å²) >= 11 is 0. The van der Waals surface area contributed by atoms with Crippen molar-refractivity contribution >= 4 is 5.95 Å². The van der Waals surface area contributed by atoms with Crippen LogP contribution in [0.2, 0.25) is 0 Å². The van der Waals surface area contributed by atoms with Crippen LogP contribution < -0.4 is 20.7 Å². The molecule has 1 heterocycles. The minimum Gasteiger partial charge on any atom is -0.464 e. The Labute approximate surface area is 110 Å². The molecule has 0 aliphatic rings. The second kappa shape index (κ2) is 6.50. The Morgan fingerprint density at radius 1 is 1.05 bits per heavy atom. The molecule has 2 aromatic rings. The lowest BCUT2D eigenvalue weighted by molar-refractivity contribution is 0.261. The number of nitrogens with zero attached hydrogens (tertiary/aromatic N) is 3. The predicted octanol–water partition coefficient (Wildman–Crippen LogP) is 1.13. The number of aromatic nitrogens is 3. The van der Waals surface area contributed by atoms with Gasteiger partial charge in [0.15, 0.2) is 0 Å². The molecular weight excluding hydrogens is 246 g/mol. The Morgan fingerprint density at radius 3 is 2.37 bits per heavy atom. The zero-order chi connectivity index (χ0) is 13.5. The Kier molecular flexibility index (Phi) is 4.46. The van der Waals surface area contributed by atoms with Crippen molar-refractivity contribution in [2.24, 2.45) is 5.84 Å². The van der Waals surface area contributed by atoms with Gasteiger partial charge in [-0.2, -0.15) is 9.97 Å². The van der Waals surface area contributed by atoms with E-state index in [9.17, 15) is 0 Å². The fraction of sp³-hybridized carbons (Fsp3) is 0.250. The minimum absolute atomic E-state index is 0.162. The average molecular weight is 261 g/mol. The summed E-state index contributed by atoms with van der Waals surface area (Å²) < 4.78 is 10.7. The summed E-state index contributed by atoms with van der Waals surface area (Å²) in [4.78, 5) is 11.9. The van der Waals surface area contributed by atoms with Gasteiger partial charge >= 0.3 is 12.0 Å². The van der Waals surface area contributed by atoms with Crippen LogP contribution in [0.25, 0.3) is 0 Å². The number of hydrazine groups is 1. The van der Waals surface area contributed by atoms with E-state index >= 15 is 0 Å². The summed E-state index contributed by atoms with van der Waals surface area (Å²) in [6.45, 7) is 2.65. The van der Waals surface area contributed by atoms with Gasteiger partial charge in [-0.3, -0.25) is 5.43 Å². The number of hydrogen-bond donors (Lipinski definition) is 2. The lowest BCUT2D eigenvalue weighted by Gasteiger charge is -2.07. The van der Waals surface area contributed by atoms with Crippen LogP contribution in [0.1, 0.15) is 12.5 Å². The standard InChI is InChI=1S/C12H15N5O2/c1-2-18-11-14-10(17-13)15-12(16-11)19-8-9-6-4-3-5-7-9/h3-7H,2,8,13H2,1H3,(H,14,15,16,17). The summed E-state index contributed by atoms with van der Waals surface area (Å²) in [5.74, 6) is 5.47. The van der Waals surface area contributed by atoms with Crippen molar-refractivity contribution in [3.05, 3.63) is 35.9 Å². The van der Waals surface area contributed by atoms with Gasteiger partial charge in [-0.25, -0.2) is 5.84 Å². The topological polar surface area (TPSA) is 95.2 Å². The highest BCUT2D eigenvalue weighted by Crippen LogP contribution is 2.13. The van der Waals surface area contributed by atoms with Crippen LogP contribution >= 0.6 is 0 Å². The number of nitrogens with two attached hydrogens (primary N) is 1. The molecule has 1 aromatic carbocycles. The average Bonchev–Trinajstić information content (AvgIpc) is 2.46. The molecule has 3 N–H and O–H groups in total. The van der Waals surface area contributed by atoms with Gasteiger partial charge < -0.3 is 9.47 Å². The quantitative estimate of drug-likeness (QED) is 0.594. The van der Waals surface area contributed by atoms with Crippen LogP contribution in [0.3, 0.4) is 0 Å². The molecule has 0 radical (unpaired) electrons. The van der Waals surface area contributed by atoms with E-state index in [-0.39, 0.29) is 18.0 Å². The van der Waals surface area contributed by atoms with Gasteiger partial charge in [0, 0.05) is 0 Å². The molecule has 1 aromatic heterocycles. The number of benzene rings is 1. The van der Waals surface area contributed by atoms with E-state index in [1.165, 1.54) is 0 Å². The molecule has 0 aliphatic heterocycles. The van der Waals surface area contributed by atoms with Gasteiger partial charge in [-0.15, -0.1) is 4.98 Å². The van der Waals surface area contributed by atoms with E-state index in [1.807, 2.05) is 37.3 Å². The van der Waals surface area contributed by atoms with Crippen LogP contribution in [0.4, 0.5) is 5.95 Å². The molecule has 0 saturated carbocycles. The molecule has 100 valence electrons. The monoisotopic (exact) mass is 261 g/mol. The van der Waals surface area contributed by atoms with Crippen molar-refractivity contribution in [2.45, 2.75) is 13.5 Å². The third-order valence-electron chi connectivity index (χ3n) is 2.21. The summed E-state index contributed by atoms with van der Waals surface area (Å²) in [6, 6.07) is 10.0. The molecule has 19 heavy (non-hydrogen) atoms. The Bertz CT molecular complexity index is 521. The second-order valence-electron chi connectivity index (χ2n) is 3.58. The lowest BCUT2D eigenvalue weighted by Crippen LogP contribution is -2.13. The maximum absolute atomic E-state index is 5.48. The lowest BCUT2D eigenvalue weighted by atomic mass is 10.2. The first-order valence-corrected chi connectivity index (χ1v) is 5.84. The third kappa shape index (κ3) is 3.78. The minimum atomic E-state index is 0.162. The van der Waals surface area contributed by atoms with Gasteiger partial charge in [-0.05, 0) is 12.5 Å². The van der Waals surface area contributed by atoms with E-state index in [0.717, 1.165) is 5.56 Å². The molecule has 0 unspecified atom stereocenters. The zero-order valence-corrected chi connectivity index (χ0v) is 10.5. The molecule has 0 fully saturated rings. The fourth-order valence-electron chi connectivity index (χ4n) is 1.38. The first kappa shape index (κ1) is 13.0. The van der Waals surface area contributed by atoms with Crippen molar-refractivity contribution in [1.82, 2.24) is 15.0 Å². The Morgan fingerprint density at radius 2 is 1.74 bits per heavy atom. The van der Waals surface area contributed by atoms with Crippen LogP contribution in [-0.2, 0) is 6.61 Å². The van der Waals surface area contributed by atoms with Crippen molar-refractivity contribution in [3.8, 4) is 12.0 Å². The van der Waals surface area contributed by atoms with Crippen LogP contribution in [0.15, 0.2) is 30.3 Å². The van der Waals surface area contributed by atoms with Crippen molar-refractivity contribution in [1.29, 1.82) is 0 Å². The number of hydrogen-bond acceptors (Lipinski definition) is 7. The van der Waals surface area contributed by atoms with Crippen LogP contribution in [0, 0.1) is 0 Å². The number of nitrogen functional groups attached to an aromatic ring is 1. The molecule has 2 rings (SSSR count). The predicted molar refractivity (Wildman–Crippen MR) is 69.6 cm³/mol. The summed E-state index contributed by atoms with van der Waals surface area (Å²) in [7, 11) is 0.